The number of ether oxygens (including phenoxy) is 1. The van der Waals surface area contributed by atoms with Crippen LogP contribution < -0.4 is 26.2 Å². The number of carbonyl (C=O) groups excluding carboxylic acids is 2. The Morgan fingerprint density at radius 3 is 2.08 bits per heavy atom. The zero-order chi connectivity index (χ0) is 42.1. The van der Waals surface area contributed by atoms with Crippen LogP contribution in [0.4, 0.5) is 10.5 Å². The van der Waals surface area contributed by atoms with Crippen LogP contribution >= 0.6 is 7.82 Å². The first-order valence-electron chi connectivity index (χ1n) is 18.7. The van der Waals surface area contributed by atoms with Crippen molar-refractivity contribution in [3.63, 3.8) is 0 Å². The Morgan fingerprint density at radius 1 is 1.00 bits per heavy atom. The molecule has 1 unspecified atom stereocenters. The van der Waals surface area contributed by atoms with E-state index in [1.807, 2.05) is 0 Å². The van der Waals surface area contributed by atoms with Gasteiger partial charge in [0, 0.05) is 40.3 Å². The molecular formula is C33H43CaN4O9PS. The predicted molar refractivity (Wildman–Crippen MR) is 184 cm³/mol. The second kappa shape index (κ2) is 20.4. The number of phosphoric ester groups is 1. The number of hydrogen-bond donors (Lipinski definition) is 3. The summed E-state index contributed by atoms with van der Waals surface area (Å²) in [5.74, 6) is -4.89. The summed E-state index contributed by atoms with van der Waals surface area (Å²) in [5.41, 5.74) is 7.15. The van der Waals surface area contributed by atoms with E-state index in [0.717, 1.165) is 31.4 Å². The molecule has 0 saturated heterocycles. The topological polar surface area (TPSA) is 203 Å². The van der Waals surface area contributed by atoms with Crippen molar-refractivity contribution in [2.75, 3.05) is 32.5 Å². The van der Waals surface area contributed by atoms with E-state index in [1.54, 1.807) is 60.7 Å². The fraction of sp³-hybridized carbons (Fsp3) is 0.394. The number of nitrogen functional groups attached to an aromatic ring is 1. The van der Waals surface area contributed by atoms with Gasteiger partial charge in [-0.15, -0.1) is 0 Å². The Kier molecular flexibility index (Phi) is 13.0. The van der Waals surface area contributed by atoms with Crippen molar-refractivity contribution in [3.05, 3.63) is 96.1 Å². The number of sulfonamides is 1. The Hall–Kier alpha value is -2.52. The molecule has 0 aromatic heterocycles. The molecule has 4 N–H and O–H groups in total. The van der Waals surface area contributed by atoms with Gasteiger partial charge in [-0.25, -0.2) is 13.2 Å². The number of rotatable bonds is 18. The first kappa shape index (κ1) is 31.2. The molecule has 49 heavy (non-hydrogen) atoms. The van der Waals surface area contributed by atoms with Crippen LogP contribution in [-0.4, -0.2) is 101 Å². The minimum atomic E-state index is -6.00. The number of phosphoric acid groups is 1. The van der Waals surface area contributed by atoms with E-state index < -0.39 is 91.9 Å². The van der Waals surface area contributed by atoms with E-state index in [4.69, 9.17) is 21.4 Å². The number of methoxy groups -OCH3 is 1. The molecule has 0 bridgehead atoms. The van der Waals surface area contributed by atoms with Crippen LogP contribution in [-0.2, 0) is 28.6 Å². The molecule has 0 heterocycles. The average molecular weight is 751 g/mol. The number of nitrogens with two attached hydrogens (primary N) is 1. The van der Waals surface area contributed by atoms with E-state index in [-0.39, 0.29) is 67.1 Å². The van der Waals surface area contributed by atoms with Gasteiger partial charge in [-0.05, 0) is 54.1 Å². The number of nitrogens with zero attached hydrogens (tertiary/aromatic N) is 1. The van der Waals surface area contributed by atoms with Crippen LogP contribution in [0.3, 0.4) is 0 Å². The fourth-order valence-electron chi connectivity index (χ4n) is 4.92. The molecule has 13 nitrogen and oxygen atoms in total. The third-order valence-corrected chi connectivity index (χ3v) is 9.40. The van der Waals surface area contributed by atoms with Crippen molar-refractivity contribution < 1.29 is 52.6 Å². The molecule has 3 atom stereocenters. The Labute approximate surface area is 329 Å². The number of unbranched alkanes of at least 4 members (excludes halogenated alkanes) is 1. The van der Waals surface area contributed by atoms with E-state index in [9.17, 15) is 32.4 Å². The van der Waals surface area contributed by atoms with Crippen molar-refractivity contribution in [1.29, 1.82) is 0 Å². The molecule has 0 aliphatic heterocycles. The summed E-state index contributed by atoms with van der Waals surface area (Å²) in [6, 6.07) is 18.7. The molecule has 0 aliphatic carbocycles. The van der Waals surface area contributed by atoms with Gasteiger partial charge in [0.1, 0.15) is 6.04 Å². The monoisotopic (exact) mass is 750 g/mol. The summed E-state index contributed by atoms with van der Waals surface area (Å²) < 4.78 is 113. The average Bonchev–Trinajstić information content (AvgIpc) is 3.11. The predicted octanol–water partition coefficient (Wildman–Crippen LogP) is 2.59. The number of anilines is 1. The van der Waals surface area contributed by atoms with Crippen LogP contribution in [0.1, 0.15) is 61.0 Å². The molecule has 0 saturated carbocycles. The van der Waals surface area contributed by atoms with E-state index in [2.05, 4.69) is 15.2 Å². The van der Waals surface area contributed by atoms with Gasteiger partial charge in [-0.2, -0.15) is 4.31 Å². The minimum absolute atomic E-state index is 0. The second-order valence-corrected chi connectivity index (χ2v) is 13.5. The second-order valence-electron chi connectivity index (χ2n) is 10.6. The summed E-state index contributed by atoms with van der Waals surface area (Å²) in [6.45, 7) is -11.6. The van der Waals surface area contributed by atoms with Gasteiger partial charge in [0.05, 0.1) is 27.8 Å². The van der Waals surface area contributed by atoms with Gasteiger partial charge >= 0.3 is 43.8 Å². The van der Waals surface area contributed by atoms with Crippen molar-refractivity contribution in [3.8, 4) is 0 Å². The van der Waals surface area contributed by atoms with E-state index in [0.29, 0.717) is 11.1 Å². The smallest absolute Gasteiger partial charge is 0.790 e. The minimum Gasteiger partial charge on any atom is -0.790 e. The van der Waals surface area contributed by atoms with Crippen molar-refractivity contribution in [2.24, 2.45) is 5.89 Å². The number of amides is 2. The standard InChI is InChI=1S/C33H45N4O9PS.Ca/c1-24(2)22-37(48(43,44)29-19-17-27(34)18-20-29)28(23-46-47(40,41)42)16-10-11-21-35-32(38)31(36-33(39)45-3)30(25-12-6-4-7-13-25)26-14-8-5-9-15-26;/h4-9,12-15,17-20,24,28,30-31H,10-11,16,21-23,34H2,1-3H3,(H,35,38)(H,36,39)(H2,40,41,42);/q;+2/p-2/t28-,31-;/m0./s1/i1D3,2D3,23D,24D;/t23?,28-,31-;. The fourth-order valence-corrected chi connectivity index (χ4v) is 6.77. The Morgan fingerprint density at radius 2 is 1.57 bits per heavy atom. The third kappa shape index (κ3) is 13.6. The first-order valence-corrected chi connectivity index (χ1v) is 17.5. The van der Waals surface area contributed by atoms with Gasteiger partial charge in [-0.3, -0.25) is 4.79 Å². The number of hydrogen-bond acceptors (Lipinski definition) is 10. The molecule has 0 radical (unpaired) electrons. The number of carbonyl (C=O) groups is 2. The van der Waals surface area contributed by atoms with Gasteiger partial charge in [0.2, 0.25) is 15.9 Å². The Bertz CT molecular complexity index is 1860. The number of alkyl carbamates (subject to hydrolysis) is 1. The van der Waals surface area contributed by atoms with Crippen LogP contribution in [0.25, 0.3) is 0 Å². The van der Waals surface area contributed by atoms with E-state index >= 15 is 0 Å². The molecule has 2 amide bonds. The normalized spacial score (nSPS) is 16.8. The van der Waals surface area contributed by atoms with Crippen LogP contribution in [0.5, 0.6) is 0 Å². The van der Waals surface area contributed by atoms with Crippen LogP contribution in [0, 0.1) is 5.89 Å². The molecule has 3 aromatic rings. The maximum atomic E-state index is 14.1. The largest absolute Gasteiger partial charge is 2.00 e. The quantitative estimate of drug-likeness (QED) is 0.0751. The summed E-state index contributed by atoms with van der Waals surface area (Å²) in [6.07, 6.45) is -1.64. The maximum Gasteiger partial charge on any atom is 2.00 e. The zero-order valence-electron chi connectivity index (χ0n) is 34.7. The van der Waals surface area contributed by atoms with Gasteiger partial charge < -0.3 is 40.0 Å². The zero-order valence-corrected chi connectivity index (χ0v) is 30.6. The van der Waals surface area contributed by atoms with Crippen molar-refractivity contribution in [2.45, 2.75) is 55.9 Å². The van der Waals surface area contributed by atoms with Crippen molar-refractivity contribution >= 4 is 73.3 Å². The molecule has 262 valence electrons. The molecule has 16 heteroatoms. The van der Waals surface area contributed by atoms with Gasteiger partial charge in [-0.1, -0.05) is 80.8 Å². The van der Waals surface area contributed by atoms with Gasteiger partial charge in [0.15, 0.2) is 0 Å². The third-order valence-electron chi connectivity index (χ3n) is 7.14. The Balaban J connectivity index is 0.0000112. The molecule has 3 rings (SSSR count). The summed E-state index contributed by atoms with van der Waals surface area (Å²) in [5, 5.41) is 5.25. The molecule has 0 aliphatic rings. The molecule has 3 aromatic carbocycles. The van der Waals surface area contributed by atoms with Crippen molar-refractivity contribution in [1.82, 2.24) is 14.9 Å². The number of nitrogens with one attached hydrogen (secondary N) is 2. The molecular weight excluding hydrogens is 700 g/mol. The van der Waals surface area contributed by atoms with E-state index in [1.165, 1.54) is 0 Å². The van der Waals surface area contributed by atoms with Crippen LogP contribution in [0.15, 0.2) is 89.8 Å². The van der Waals surface area contributed by atoms with Crippen LogP contribution in [0.2, 0.25) is 0 Å². The molecule has 0 spiro atoms. The summed E-state index contributed by atoms with van der Waals surface area (Å²) in [4.78, 5) is 48.9. The summed E-state index contributed by atoms with van der Waals surface area (Å²) >= 11 is 0. The number of benzene rings is 3. The summed E-state index contributed by atoms with van der Waals surface area (Å²) in [7, 11) is -9.95. The van der Waals surface area contributed by atoms with Gasteiger partial charge in [0.25, 0.3) is 0 Å². The SMILES string of the molecule is [2H]C(OP(=O)([O-])[O-])[C@H](CCCCNC(=O)[C@@H](NC(=O)OC)C(c1ccccc1)c1ccccc1)N(CC([2H])(C([2H])([2H])[2H])C([2H])([2H])[2H])S(=O)(=O)c1ccc(N)cc1.[Ca+2]. The maximum absolute atomic E-state index is 14.1. The first-order chi connectivity index (χ1) is 25.9. The molecule has 0 fully saturated rings.